The van der Waals surface area contributed by atoms with Gasteiger partial charge in [-0.2, -0.15) is 5.10 Å². The zero-order valence-corrected chi connectivity index (χ0v) is 15.6. The van der Waals surface area contributed by atoms with Crippen molar-refractivity contribution in [2.45, 2.75) is 25.8 Å². The summed E-state index contributed by atoms with van der Waals surface area (Å²) < 4.78 is 6.68. The Morgan fingerprint density at radius 3 is 2.54 bits per heavy atom. The van der Waals surface area contributed by atoms with Gasteiger partial charge in [-0.15, -0.1) is 0 Å². The zero-order valence-electron chi connectivity index (χ0n) is 15.6. The summed E-state index contributed by atoms with van der Waals surface area (Å²) >= 11 is 0. The molecular formula is C21H22N4O3. The summed E-state index contributed by atoms with van der Waals surface area (Å²) in [7, 11) is 0. The van der Waals surface area contributed by atoms with E-state index in [1.54, 1.807) is 35.3 Å². The number of amides is 1. The Kier molecular flexibility index (Phi) is 6.51. The van der Waals surface area contributed by atoms with Gasteiger partial charge >= 0.3 is 5.97 Å². The minimum absolute atomic E-state index is 0.00614. The number of hydrogen-bond donors (Lipinski definition) is 1. The van der Waals surface area contributed by atoms with E-state index in [-0.39, 0.29) is 18.6 Å². The van der Waals surface area contributed by atoms with Gasteiger partial charge < -0.3 is 10.1 Å². The smallest absolute Gasteiger partial charge is 0.338 e. The van der Waals surface area contributed by atoms with Gasteiger partial charge in [0.25, 0.3) is 5.91 Å². The molecule has 7 nitrogen and oxygen atoms in total. The normalized spacial score (nSPS) is 11.6. The number of carbonyl (C=O) groups excluding carboxylic acids is 2. The van der Waals surface area contributed by atoms with Crippen molar-refractivity contribution in [2.75, 3.05) is 6.61 Å². The number of hydrogen-bond acceptors (Lipinski definition) is 5. The van der Waals surface area contributed by atoms with E-state index >= 15 is 0 Å². The van der Waals surface area contributed by atoms with Crippen LogP contribution in [0.25, 0.3) is 5.69 Å². The maximum Gasteiger partial charge on any atom is 0.338 e. The van der Waals surface area contributed by atoms with Crippen molar-refractivity contribution in [3.8, 4) is 5.69 Å². The molecule has 0 fully saturated rings. The van der Waals surface area contributed by atoms with Gasteiger partial charge in [-0.3, -0.25) is 4.79 Å². The van der Waals surface area contributed by atoms with E-state index < -0.39 is 5.97 Å². The van der Waals surface area contributed by atoms with Crippen LogP contribution in [0.5, 0.6) is 0 Å². The monoisotopic (exact) mass is 378 g/mol. The van der Waals surface area contributed by atoms with Crippen LogP contribution in [0.1, 0.15) is 29.3 Å². The lowest BCUT2D eigenvalue weighted by Crippen LogP contribution is -2.36. The second-order valence-corrected chi connectivity index (χ2v) is 6.46. The minimum atomic E-state index is -0.544. The fourth-order valence-electron chi connectivity index (χ4n) is 2.72. The molecule has 0 aliphatic carbocycles. The Balaban J connectivity index is 1.41. The SMILES string of the molecule is C[C@@H](CCc1ccccc1)NC(=O)COC(=O)c1ccc(-n2cncn2)cc1. The fourth-order valence-corrected chi connectivity index (χ4v) is 2.72. The lowest BCUT2D eigenvalue weighted by atomic mass is 10.1. The van der Waals surface area contributed by atoms with Crippen LogP contribution in [-0.2, 0) is 16.0 Å². The number of rotatable bonds is 8. The van der Waals surface area contributed by atoms with E-state index in [2.05, 4.69) is 27.5 Å². The molecule has 0 radical (unpaired) electrons. The Morgan fingerprint density at radius 1 is 1.11 bits per heavy atom. The predicted octanol–water partition coefficient (Wildman–Crippen LogP) is 2.56. The molecule has 1 atom stereocenters. The zero-order chi connectivity index (χ0) is 19.8. The lowest BCUT2D eigenvalue weighted by Gasteiger charge is -2.14. The van der Waals surface area contributed by atoms with E-state index in [0.717, 1.165) is 18.5 Å². The van der Waals surface area contributed by atoms with Crippen molar-refractivity contribution in [2.24, 2.45) is 0 Å². The van der Waals surface area contributed by atoms with Crippen molar-refractivity contribution in [1.82, 2.24) is 20.1 Å². The fraction of sp³-hybridized carbons (Fsp3) is 0.238. The van der Waals surface area contributed by atoms with Crippen LogP contribution in [0, 0.1) is 0 Å². The van der Waals surface area contributed by atoms with Gasteiger partial charge in [0.15, 0.2) is 6.61 Å². The summed E-state index contributed by atoms with van der Waals surface area (Å²) in [6.45, 7) is 1.63. The third-order valence-electron chi connectivity index (χ3n) is 4.24. The van der Waals surface area contributed by atoms with E-state index in [1.807, 2.05) is 25.1 Å². The Morgan fingerprint density at radius 2 is 1.86 bits per heavy atom. The van der Waals surface area contributed by atoms with Crippen LogP contribution in [0.2, 0.25) is 0 Å². The molecule has 28 heavy (non-hydrogen) atoms. The average molecular weight is 378 g/mol. The second kappa shape index (κ2) is 9.45. The van der Waals surface area contributed by atoms with Gasteiger partial charge in [0.05, 0.1) is 11.3 Å². The first-order valence-electron chi connectivity index (χ1n) is 9.07. The maximum atomic E-state index is 12.1. The number of esters is 1. The van der Waals surface area contributed by atoms with Crippen molar-refractivity contribution < 1.29 is 14.3 Å². The number of carbonyl (C=O) groups is 2. The first-order valence-corrected chi connectivity index (χ1v) is 9.07. The van der Waals surface area contributed by atoms with Gasteiger partial charge in [-0.25, -0.2) is 14.5 Å². The Bertz CT molecular complexity index is 893. The Hall–Kier alpha value is -3.48. The molecule has 1 amide bonds. The van der Waals surface area contributed by atoms with E-state index in [1.165, 1.54) is 11.9 Å². The molecule has 1 N–H and O–H groups in total. The first-order chi connectivity index (χ1) is 13.6. The number of nitrogens with one attached hydrogen (secondary N) is 1. The maximum absolute atomic E-state index is 12.1. The van der Waals surface area contributed by atoms with E-state index in [0.29, 0.717) is 5.56 Å². The molecule has 7 heteroatoms. The summed E-state index contributed by atoms with van der Waals surface area (Å²) in [6.07, 6.45) is 4.69. The molecule has 3 aromatic rings. The Labute approximate surface area is 163 Å². The molecular weight excluding hydrogens is 356 g/mol. The van der Waals surface area contributed by atoms with E-state index in [4.69, 9.17) is 4.74 Å². The van der Waals surface area contributed by atoms with Crippen LogP contribution in [-0.4, -0.2) is 39.3 Å². The van der Waals surface area contributed by atoms with Crippen molar-refractivity contribution in [1.29, 1.82) is 0 Å². The third-order valence-corrected chi connectivity index (χ3v) is 4.24. The quantitative estimate of drug-likeness (QED) is 0.609. The molecule has 0 aliphatic rings. The molecule has 0 unspecified atom stereocenters. The average Bonchev–Trinajstić information content (AvgIpc) is 3.26. The lowest BCUT2D eigenvalue weighted by molar-refractivity contribution is -0.124. The standard InChI is InChI=1S/C21H22N4O3/c1-16(7-8-17-5-3-2-4-6-17)24-20(26)13-28-21(27)18-9-11-19(12-10-18)25-15-22-14-23-25/h2-6,9-12,14-16H,7-8,13H2,1H3,(H,24,26)/t16-/m0/s1. The molecule has 0 spiro atoms. The largest absolute Gasteiger partial charge is 0.452 e. The summed E-state index contributed by atoms with van der Waals surface area (Å²) in [5.41, 5.74) is 2.37. The number of nitrogens with zero attached hydrogens (tertiary/aromatic N) is 3. The third kappa shape index (κ3) is 5.51. The molecule has 0 saturated heterocycles. The number of aryl methyl sites for hydroxylation is 1. The van der Waals surface area contributed by atoms with E-state index in [9.17, 15) is 9.59 Å². The van der Waals surface area contributed by atoms with Crippen molar-refractivity contribution in [3.05, 3.63) is 78.4 Å². The van der Waals surface area contributed by atoms with Gasteiger partial charge in [0, 0.05) is 6.04 Å². The van der Waals surface area contributed by atoms with Gasteiger partial charge in [0.2, 0.25) is 0 Å². The van der Waals surface area contributed by atoms with Crippen LogP contribution < -0.4 is 5.32 Å². The van der Waals surface area contributed by atoms with Gasteiger partial charge in [0.1, 0.15) is 12.7 Å². The highest BCUT2D eigenvalue weighted by molar-refractivity contribution is 5.91. The highest BCUT2D eigenvalue weighted by Gasteiger charge is 2.12. The van der Waals surface area contributed by atoms with Crippen molar-refractivity contribution in [3.63, 3.8) is 0 Å². The van der Waals surface area contributed by atoms with Crippen LogP contribution in [0.4, 0.5) is 0 Å². The molecule has 1 heterocycles. The molecule has 2 aromatic carbocycles. The minimum Gasteiger partial charge on any atom is -0.452 e. The number of aromatic nitrogens is 3. The van der Waals surface area contributed by atoms with Crippen LogP contribution >= 0.6 is 0 Å². The molecule has 144 valence electrons. The molecule has 0 bridgehead atoms. The topological polar surface area (TPSA) is 86.1 Å². The second-order valence-electron chi connectivity index (χ2n) is 6.46. The number of ether oxygens (including phenoxy) is 1. The highest BCUT2D eigenvalue weighted by atomic mass is 16.5. The van der Waals surface area contributed by atoms with Gasteiger partial charge in [-0.05, 0) is 49.6 Å². The summed E-state index contributed by atoms with van der Waals surface area (Å²) in [5, 5.41) is 6.87. The van der Waals surface area contributed by atoms with Crippen LogP contribution in [0.3, 0.4) is 0 Å². The summed E-state index contributed by atoms with van der Waals surface area (Å²) in [5.74, 6) is -0.856. The predicted molar refractivity (Wildman–Crippen MR) is 104 cm³/mol. The molecule has 1 aromatic heterocycles. The molecule has 3 rings (SSSR count). The summed E-state index contributed by atoms with van der Waals surface area (Å²) in [4.78, 5) is 28.0. The van der Waals surface area contributed by atoms with Crippen molar-refractivity contribution >= 4 is 11.9 Å². The van der Waals surface area contributed by atoms with Crippen LogP contribution in [0.15, 0.2) is 67.3 Å². The molecule has 0 aliphatic heterocycles. The highest BCUT2D eigenvalue weighted by Crippen LogP contribution is 2.09. The first kappa shape index (κ1) is 19.3. The number of benzene rings is 2. The summed E-state index contributed by atoms with van der Waals surface area (Å²) in [6, 6.07) is 16.8. The molecule has 0 saturated carbocycles. The van der Waals surface area contributed by atoms with Gasteiger partial charge in [-0.1, -0.05) is 30.3 Å².